The van der Waals surface area contributed by atoms with E-state index in [4.69, 9.17) is 9.47 Å². The lowest BCUT2D eigenvalue weighted by Gasteiger charge is -2.34. The molecule has 31 heavy (non-hydrogen) atoms. The number of nitrogens with zero attached hydrogens (tertiary/aromatic N) is 2. The Morgan fingerprint density at radius 2 is 2.10 bits per heavy atom. The number of alkyl halides is 2. The molecule has 9 heteroatoms. The number of halogens is 2. The van der Waals surface area contributed by atoms with Gasteiger partial charge in [-0.05, 0) is 44.2 Å². The molecule has 1 aromatic carbocycles. The molecule has 0 saturated carbocycles. The van der Waals surface area contributed by atoms with Crippen molar-refractivity contribution < 1.29 is 23.0 Å². The van der Waals surface area contributed by atoms with Crippen LogP contribution in [0.25, 0.3) is 0 Å². The summed E-state index contributed by atoms with van der Waals surface area (Å²) in [5.41, 5.74) is 0.576. The molecular weight excluding hydrogens is 406 g/mol. The van der Waals surface area contributed by atoms with E-state index in [-0.39, 0.29) is 12.3 Å². The lowest BCUT2D eigenvalue weighted by molar-refractivity contribution is -0.0505. The number of rotatable bonds is 9. The first-order valence-corrected chi connectivity index (χ1v) is 11.0. The van der Waals surface area contributed by atoms with Gasteiger partial charge in [-0.1, -0.05) is 0 Å². The molecule has 1 atom stereocenters. The molecule has 3 rings (SSSR count). The number of aliphatic imine (C=N–C) groups is 1. The van der Waals surface area contributed by atoms with Crippen molar-refractivity contribution in [3.8, 4) is 11.5 Å². The van der Waals surface area contributed by atoms with E-state index in [0.29, 0.717) is 29.2 Å². The smallest absolute Gasteiger partial charge is 0.387 e. The van der Waals surface area contributed by atoms with Crippen LogP contribution in [0, 0.1) is 5.92 Å². The molecule has 0 amide bonds. The van der Waals surface area contributed by atoms with Gasteiger partial charge in [-0.15, -0.1) is 0 Å². The molecule has 1 unspecified atom stereocenters. The van der Waals surface area contributed by atoms with Crippen molar-refractivity contribution in [1.82, 2.24) is 15.5 Å². The second kappa shape index (κ2) is 12.0. The van der Waals surface area contributed by atoms with E-state index in [2.05, 4.69) is 25.3 Å². The number of benzene rings is 1. The predicted octanol–water partition coefficient (Wildman–Crippen LogP) is 2.85. The molecule has 2 aliphatic heterocycles. The number of nitrogens with one attached hydrogen (secondary N) is 2. The Hall–Kier alpha value is -2.13. The van der Waals surface area contributed by atoms with E-state index in [9.17, 15) is 8.78 Å². The monoisotopic (exact) mass is 440 g/mol. The minimum Gasteiger partial charge on any atom is -0.497 e. The van der Waals surface area contributed by atoms with Crippen molar-refractivity contribution in [3.05, 3.63) is 23.8 Å². The number of methoxy groups -OCH3 is 1. The van der Waals surface area contributed by atoms with E-state index < -0.39 is 6.61 Å². The average molecular weight is 441 g/mol. The molecule has 2 heterocycles. The van der Waals surface area contributed by atoms with Crippen molar-refractivity contribution >= 4 is 5.96 Å². The van der Waals surface area contributed by atoms with Crippen molar-refractivity contribution in [1.29, 1.82) is 0 Å². The summed E-state index contributed by atoms with van der Waals surface area (Å²) in [5.74, 6) is 1.89. The molecule has 7 nitrogen and oxygen atoms in total. The van der Waals surface area contributed by atoms with E-state index in [1.807, 2.05) is 6.92 Å². The molecule has 1 aromatic rings. The third kappa shape index (κ3) is 7.50. The highest BCUT2D eigenvalue weighted by atomic mass is 19.3. The van der Waals surface area contributed by atoms with Gasteiger partial charge >= 0.3 is 6.61 Å². The molecule has 2 fully saturated rings. The van der Waals surface area contributed by atoms with Crippen molar-refractivity contribution in [2.45, 2.75) is 45.4 Å². The van der Waals surface area contributed by atoms with Gasteiger partial charge in [0.1, 0.15) is 11.5 Å². The summed E-state index contributed by atoms with van der Waals surface area (Å²) in [5, 5.41) is 6.75. The van der Waals surface area contributed by atoms with Gasteiger partial charge in [0.25, 0.3) is 0 Å². The van der Waals surface area contributed by atoms with Gasteiger partial charge in [-0.3, -0.25) is 0 Å². The van der Waals surface area contributed by atoms with Crippen LogP contribution in [0.3, 0.4) is 0 Å². The first-order chi connectivity index (χ1) is 15.1. The fraction of sp³-hybridized carbons (Fsp3) is 0.682. The molecule has 174 valence electrons. The fourth-order valence-corrected chi connectivity index (χ4v) is 4.03. The van der Waals surface area contributed by atoms with Crippen LogP contribution in [0.4, 0.5) is 8.78 Å². The van der Waals surface area contributed by atoms with Crippen LogP contribution in [0.15, 0.2) is 23.2 Å². The summed E-state index contributed by atoms with van der Waals surface area (Å²) in [4.78, 5) is 7.12. The van der Waals surface area contributed by atoms with Crippen molar-refractivity contribution in [2.24, 2.45) is 10.9 Å². The van der Waals surface area contributed by atoms with Gasteiger partial charge in [0.2, 0.25) is 0 Å². The topological polar surface area (TPSA) is 67.4 Å². The Morgan fingerprint density at radius 3 is 2.74 bits per heavy atom. The molecule has 2 saturated heterocycles. The van der Waals surface area contributed by atoms with Gasteiger partial charge in [-0.25, -0.2) is 4.99 Å². The van der Waals surface area contributed by atoms with Crippen LogP contribution in [-0.4, -0.2) is 70.0 Å². The summed E-state index contributed by atoms with van der Waals surface area (Å²) in [6.07, 6.45) is 3.25. The zero-order chi connectivity index (χ0) is 22.1. The third-order valence-corrected chi connectivity index (χ3v) is 5.71. The first kappa shape index (κ1) is 23.5. The standard InChI is InChI=1S/C22H34F2N4O3/c1-3-25-22(26-13-17-4-5-19(29-2)12-20(17)31-21(23)24)27-18-6-9-28(10-7-18)14-16-8-11-30-15-16/h4-5,12,16,18,21H,3,6-11,13-15H2,1-2H3,(H2,25,26,27). The Morgan fingerprint density at radius 1 is 1.29 bits per heavy atom. The van der Waals surface area contributed by atoms with Gasteiger partial charge in [0, 0.05) is 50.5 Å². The number of likely N-dealkylation sites (tertiary alicyclic amines) is 1. The maximum Gasteiger partial charge on any atom is 0.387 e. The lowest BCUT2D eigenvalue weighted by Crippen LogP contribution is -2.49. The van der Waals surface area contributed by atoms with Gasteiger partial charge in [0.05, 0.1) is 20.3 Å². The second-order valence-electron chi connectivity index (χ2n) is 8.00. The molecule has 0 spiro atoms. The highest BCUT2D eigenvalue weighted by molar-refractivity contribution is 5.80. The lowest BCUT2D eigenvalue weighted by atomic mass is 10.0. The highest BCUT2D eigenvalue weighted by Gasteiger charge is 2.24. The number of guanidine groups is 1. The van der Waals surface area contributed by atoms with Crippen LogP contribution < -0.4 is 20.1 Å². The average Bonchev–Trinajstić information content (AvgIpc) is 3.27. The summed E-state index contributed by atoms with van der Waals surface area (Å²) in [6.45, 7) is 5.05. The molecule has 2 aliphatic rings. The fourth-order valence-electron chi connectivity index (χ4n) is 4.03. The molecule has 0 bridgehead atoms. The molecule has 2 N–H and O–H groups in total. The van der Waals surface area contributed by atoms with Crippen LogP contribution >= 0.6 is 0 Å². The van der Waals surface area contributed by atoms with E-state index in [0.717, 1.165) is 58.7 Å². The minimum absolute atomic E-state index is 0.0816. The normalized spacial score (nSPS) is 20.8. The SMILES string of the molecule is CCNC(=NCc1ccc(OC)cc1OC(F)F)NC1CCN(CC2CCOC2)CC1. The van der Waals surface area contributed by atoms with Crippen LogP contribution in [0.5, 0.6) is 11.5 Å². The molecule has 0 aromatic heterocycles. The van der Waals surface area contributed by atoms with Crippen molar-refractivity contribution in [3.63, 3.8) is 0 Å². The third-order valence-electron chi connectivity index (χ3n) is 5.71. The van der Waals surface area contributed by atoms with E-state index in [1.54, 1.807) is 12.1 Å². The van der Waals surface area contributed by atoms with Crippen molar-refractivity contribution in [2.75, 3.05) is 46.5 Å². The number of hydrogen-bond acceptors (Lipinski definition) is 5. The minimum atomic E-state index is -2.90. The first-order valence-electron chi connectivity index (χ1n) is 11.0. The zero-order valence-corrected chi connectivity index (χ0v) is 18.4. The second-order valence-corrected chi connectivity index (χ2v) is 8.00. The Kier molecular flexibility index (Phi) is 9.14. The molecule has 0 radical (unpaired) electrons. The van der Waals surface area contributed by atoms with Crippen LogP contribution in [0.1, 0.15) is 31.7 Å². The molecular formula is C22H34F2N4O3. The van der Waals surface area contributed by atoms with Crippen LogP contribution in [-0.2, 0) is 11.3 Å². The highest BCUT2D eigenvalue weighted by Crippen LogP contribution is 2.27. The maximum absolute atomic E-state index is 12.8. The number of piperidine rings is 1. The summed E-state index contributed by atoms with van der Waals surface area (Å²) >= 11 is 0. The Balaban J connectivity index is 1.55. The predicted molar refractivity (Wildman–Crippen MR) is 116 cm³/mol. The van der Waals surface area contributed by atoms with Crippen LogP contribution in [0.2, 0.25) is 0 Å². The Labute approximate surface area is 183 Å². The van der Waals surface area contributed by atoms with Gasteiger partial charge in [-0.2, -0.15) is 8.78 Å². The quantitative estimate of drug-likeness (QED) is 0.455. The zero-order valence-electron chi connectivity index (χ0n) is 18.4. The largest absolute Gasteiger partial charge is 0.497 e. The summed E-state index contributed by atoms with van der Waals surface area (Å²) in [6, 6.07) is 5.22. The van der Waals surface area contributed by atoms with Gasteiger partial charge in [0.15, 0.2) is 5.96 Å². The summed E-state index contributed by atoms with van der Waals surface area (Å²) in [7, 11) is 1.49. The Bertz CT molecular complexity index is 706. The molecule has 0 aliphatic carbocycles. The number of ether oxygens (including phenoxy) is 3. The summed E-state index contributed by atoms with van der Waals surface area (Å²) < 4.78 is 40.8. The van der Waals surface area contributed by atoms with E-state index >= 15 is 0 Å². The maximum atomic E-state index is 12.8. The van der Waals surface area contributed by atoms with E-state index in [1.165, 1.54) is 13.2 Å². The van der Waals surface area contributed by atoms with Gasteiger partial charge < -0.3 is 29.7 Å². The number of hydrogen-bond donors (Lipinski definition) is 2.